The lowest BCUT2D eigenvalue weighted by Crippen LogP contribution is -2.32. The minimum Gasteiger partial charge on any atom is -0.486 e. The summed E-state index contributed by atoms with van der Waals surface area (Å²) in [6.07, 6.45) is 1.83. The van der Waals surface area contributed by atoms with Gasteiger partial charge in [-0.15, -0.1) is 0 Å². The molecule has 1 amide bonds. The zero-order valence-electron chi connectivity index (χ0n) is 19.4. The third kappa shape index (κ3) is 4.93. The molecule has 2 aliphatic heterocycles. The van der Waals surface area contributed by atoms with Crippen LogP contribution in [0.5, 0.6) is 11.5 Å². The summed E-state index contributed by atoms with van der Waals surface area (Å²) < 4.78 is 16.3. The Morgan fingerprint density at radius 3 is 2.70 bits per heavy atom. The third-order valence-electron chi connectivity index (χ3n) is 5.84. The van der Waals surface area contributed by atoms with Crippen LogP contribution in [0.1, 0.15) is 66.1 Å². The van der Waals surface area contributed by atoms with Crippen LogP contribution in [0.15, 0.2) is 23.2 Å². The van der Waals surface area contributed by atoms with E-state index in [4.69, 9.17) is 14.2 Å². The molecule has 1 atom stereocenters. The third-order valence-corrected chi connectivity index (χ3v) is 6.80. The van der Waals surface area contributed by atoms with Crippen molar-refractivity contribution >= 4 is 23.6 Å². The first-order chi connectivity index (χ1) is 15.9. The molecule has 1 fully saturated rings. The number of fused-ring (bicyclic) bond motifs is 1. The molecule has 9 heteroatoms. The van der Waals surface area contributed by atoms with E-state index in [1.54, 1.807) is 6.92 Å². The molecule has 4 rings (SSSR count). The van der Waals surface area contributed by atoms with Gasteiger partial charge in [0, 0.05) is 12.5 Å². The number of aryl methyl sites for hydroxylation is 1. The molecule has 0 bridgehead atoms. The molecule has 0 N–H and O–H groups in total. The second-order valence-corrected chi connectivity index (χ2v) is 9.39. The first kappa shape index (κ1) is 23.4. The number of ether oxygens (including phenoxy) is 3. The molecular formula is C24H29N3O5S. The molecule has 33 heavy (non-hydrogen) atoms. The van der Waals surface area contributed by atoms with E-state index in [1.807, 2.05) is 36.9 Å². The van der Waals surface area contributed by atoms with Crippen LogP contribution in [0.2, 0.25) is 0 Å². The summed E-state index contributed by atoms with van der Waals surface area (Å²) in [5, 5.41) is 0.487. The summed E-state index contributed by atoms with van der Waals surface area (Å²) in [7, 11) is 1.33. The summed E-state index contributed by atoms with van der Waals surface area (Å²) in [6, 6.07) is 5.90. The highest BCUT2D eigenvalue weighted by Crippen LogP contribution is 2.38. The van der Waals surface area contributed by atoms with E-state index >= 15 is 0 Å². The molecule has 1 aromatic carbocycles. The van der Waals surface area contributed by atoms with Crippen LogP contribution in [-0.4, -0.2) is 59.4 Å². The highest BCUT2D eigenvalue weighted by molar-refractivity contribution is 8.00. The summed E-state index contributed by atoms with van der Waals surface area (Å²) in [5.41, 5.74) is 1.93. The Bertz CT molecular complexity index is 1060. The van der Waals surface area contributed by atoms with Gasteiger partial charge in [-0.25, -0.2) is 14.8 Å². The van der Waals surface area contributed by atoms with Crippen molar-refractivity contribution in [3.05, 3.63) is 40.8 Å². The maximum absolute atomic E-state index is 13.2. The van der Waals surface area contributed by atoms with Crippen molar-refractivity contribution in [2.75, 3.05) is 32.6 Å². The van der Waals surface area contributed by atoms with Gasteiger partial charge in [-0.05, 0) is 37.5 Å². The topological polar surface area (TPSA) is 90.9 Å². The Morgan fingerprint density at radius 2 is 1.97 bits per heavy atom. The van der Waals surface area contributed by atoms with Crippen molar-refractivity contribution in [3.8, 4) is 11.5 Å². The van der Waals surface area contributed by atoms with Gasteiger partial charge in [0.05, 0.1) is 24.6 Å². The van der Waals surface area contributed by atoms with E-state index in [1.165, 1.54) is 18.9 Å². The number of aromatic nitrogens is 2. The van der Waals surface area contributed by atoms with E-state index < -0.39 is 5.97 Å². The van der Waals surface area contributed by atoms with E-state index in [2.05, 4.69) is 9.97 Å². The first-order valence-corrected chi connectivity index (χ1v) is 12.2. The van der Waals surface area contributed by atoms with Gasteiger partial charge in [0.2, 0.25) is 5.91 Å². The first-order valence-electron chi connectivity index (χ1n) is 11.2. The van der Waals surface area contributed by atoms with Crippen molar-refractivity contribution in [1.29, 1.82) is 0 Å². The van der Waals surface area contributed by atoms with Gasteiger partial charge in [-0.3, -0.25) is 4.79 Å². The maximum atomic E-state index is 13.2. The summed E-state index contributed by atoms with van der Waals surface area (Å²) in [4.78, 5) is 36.5. The van der Waals surface area contributed by atoms with Crippen molar-refractivity contribution in [2.24, 2.45) is 0 Å². The Balaban J connectivity index is 1.52. The average Bonchev–Trinajstić information content (AvgIpc) is 3.31. The van der Waals surface area contributed by atoms with Gasteiger partial charge in [0.25, 0.3) is 0 Å². The number of nitrogens with zero attached hydrogens (tertiary/aromatic N) is 3. The van der Waals surface area contributed by atoms with Crippen LogP contribution in [0.4, 0.5) is 0 Å². The molecule has 1 unspecified atom stereocenters. The molecule has 3 heterocycles. The number of hydrogen-bond donors (Lipinski definition) is 0. The predicted octanol–water partition coefficient (Wildman–Crippen LogP) is 3.92. The highest BCUT2D eigenvalue weighted by atomic mass is 32.2. The maximum Gasteiger partial charge on any atom is 0.342 e. The Kier molecular flexibility index (Phi) is 7.07. The fourth-order valence-corrected chi connectivity index (χ4v) is 5.12. The monoisotopic (exact) mass is 471 g/mol. The number of methoxy groups -OCH3 is 1. The van der Waals surface area contributed by atoms with E-state index in [0.29, 0.717) is 41.9 Å². The normalized spacial score (nSPS) is 17.4. The number of carbonyl (C=O) groups is 2. The second kappa shape index (κ2) is 9.99. The smallest absolute Gasteiger partial charge is 0.342 e. The standard InChI is InChI=1S/C24H29N3O5S/c1-14(2)22-25-15(3)21(24(29)30-4)23(26-22)33-13-20(28)27-9-5-6-17(27)16-7-8-18-19(12-16)32-11-10-31-18/h7-8,12,14,17H,5-6,9-11,13H2,1-4H3. The van der Waals surface area contributed by atoms with Crippen molar-refractivity contribution in [2.45, 2.75) is 50.6 Å². The number of amides is 1. The van der Waals surface area contributed by atoms with Gasteiger partial charge in [-0.2, -0.15) is 0 Å². The minimum absolute atomic E-state index is 0.00707. The number of esters is 1. The number of rotatable bonds is 6. The largest absolute Gasteiger partial charge is 0.486 e. The van der Waals surface area contributed by atoms with Crippen LogP contribution < -0.4 is 9.47 Å². The summed E-state index contributed by atoms with van der Waals surface area (Å²) >= 11 is 1.26. The molecule has 1 aromatic heterocycles. The van der Waals surface area contributed by atoms with Crippen LogP contribution in [0.25, 0.3) is 0 Å². The lowest BCUT2D eigenvalue weighted by molar-refractivity contribution is -0.129. The van der Waals surface area contributed by atoms with Crippen molar-refractivity contribution in [1.82, 2.24) is 14.9 Å². The highest BCUT2D eigenvalue weighted by Gasteiger charge is 2.31. The minimum atomic E-state index is -0.493. The summed E-state index contributed by atoms with van der Waals surface area (Å²) in [5.74, 6) is 1.91. The Morgan fingerprint density at radius 1 is 1.21 bits per heavy atom. The fourth-order valence-electron chi connectivity index (χ4n) is 4.16. The quantitative estimate of drug-likeness (QED) is 0.356. The SMILES string of the molecule is COC(=O)c1c(C)nc(C(C)C)nc1SCC(=O)N1CCCC1c1ccc2c(c1)OCCO2. The van der Waals surface area contributed by atoms with E-state index in [9.17, 15) is 9.59 Å². The molecule has 2 aliphatic rings. The molecular weight excluding hydrogens is 442 g/mol. The van der Waals surface area contributed by atoms with Crippen LogP contribution in [-0.2, 0) is 9.53 Å². The zero-order chi connectivity index (χ0) is 23.5. The Labute approximate surface area is 198 Å². The van der Waals surface area contributed by atoms with Crippen LogP contribution in [0, 0.1) is 6.92 Å². The molecule has 0 aliphatic carbocycles. The molecule has 176 valence electrons. The second-order valence-electron chi connectivity index (χ2n) is 8.43. The van der Waals surface area contributed by atoms with Gasteiger partial charge in [-0.1, -0.05) is 31.7 Å². The Hall–Kier alpha value is -2.81. The summed E-state index contributed by atoms with van der Waals surface area (Å²) in [6.45, 7) is 7.53. The molecule has 0 saturated carbocycles. The van der Waals surface area contributed by atoms with Crippen LogP contribution >= 0.6 is 11.8 Å². The van der Waals surface area contributed by atoms with Gasteiger partial charge in [0.15, 0.2) is 11.5 Å². The molecule has 0 radical (unpaired) electrons. The number of benzene rings is 1. The van der Waals surface area contributed by atoms with E-state index in [-0.39, 0.29) is 23.6 Å². The number of thioether (sulfide) groups is 1. The zero-order valence-corrected chi connectivity index (χ0v) is 20.2. The van der Waals surface area contributed by atoms with Crippen molar-refractivity contribution in [3.63, 3.8) is 0 Å². The van der Waals surface area contributed by atoms with E-state index in [0.717, 1.165) is 29.9 Å². The van der Waals surface area contributed by atoms with Crippen molar-refractivity contribution < 1.29 is 23.8 Å². The number of likely N-dealkylation sites (tertiary alicyclic amines) is 1. The average molecular weight is 472 g/mol. The molecule has 1 saturated heterocycles. The van der Waals surface area contributed by atoms with Crippen LogP contribution in [0.3, 0.4) is 0 Å². The molecule has 0 spiro atoms. The molecule has 2 aromatic rings. The predicted molar refractivity (Wildman–Crippen MR) is 124 cm³/mol. The number of carbonyl (C=O) groups excluding carboxylic acids is 2. The van der Waals surface area contributed by atoms with Gasteiger partial charge < -0.3 is 19.1 Å². The van der Waals surface area contributed by atoms with Gasteiger partial charge in [0.1, 0.15) is 29.6 Å². The lowest BCUT2D eigenvalue weighted by atomic mass is 10.0. The van der Waals surface area contributed by atoms with Gasteiger partial charge >= 0.3 is 5.97 Å². The molecule has 8 nitrogen and oxygen atoms in total. The lowest BCUT2D eigenvalue weighted by Gasteiger charge is -2.27. The number of hydrogen-bond acceptors (Lipinski definition) is 8. The fraction of sp³-hybridized carbons (Fsp3) is 0.500.